The number of rotatable bonds is 4. The average molecular weight is 257 g/mol. The van der Waals surface area contributed by atoms with Crippen molar-refractivity contribution in [3.05, 3.63) is 29.3 Å². The third-order valence-corrected chi connectivity index (χ3v) is 3.12. The van der Waals surface area contributed by atoms with Crippen molar-refractivity contribution in [2.75, 3.05) is 32.8 Å². The van der Waals surface area contributed by atoms with E-state index in [-0.39, 0.29) is 0 Å². The zero-order valence-corrected chi connectivity index (χ0v) is 10.2. The molecule has 1 aliphatic rings. The molecule has 1 aromatic carbocycles. The van der Waals surface area contributed by atoms with Crippen molar-refractivity contribution in [1.82, 2.24) is 4.90 Å². The van der Waals surface area contributed by atoms with Crippen LogP contribution in [0, 0.1) is 11.6 Å². The molecule has 1 aliphatic heterocycles. The number of benzene rings is 1. The number of aryl methyl sites for hydroxylation is 1. The highest BCUT2D eigenvalue weighted by Gasteiger charge is 2.11. The van der Waals surface area contributed by atoms with Crippen molar-refractivity contribution in [3.8, 4) is 5.75 Å². The second-order valence-corrected chi connectivity index (χ2v) is 4.47. The quantitative estimate of drug-likeness (QED) is 0.894. The van der Waals surface area contributed by atoms with Crippen LogP contribution in [0.25, 0.3) is 0 Å². The first-order chi connectivity index (χ1) is 8.66. The Bertz CT molecular complexity index is 383. The van der Waals surface area contributed by atoms with Gasteiger partial charge in [-0.2, -0.15) is 0 Å². The molecule has 1 aromatic rings. The fourth-order valence-corrected chi connectivity index (χ4v) is 2.09. The Morgan fingerprint density at radius 2 is 1.78 bits per heavy atom. The molecule has 5 heteroatoms. The number of halogens is 2. The minimum absolute atomic E-state index is 0.580. The number of phenols is 1. The number of morpholine rings is 1. The summed E-state index contributed by atoms with van der Waals surface area (Å²) in [5.41, 5.74) is 0.580. The molecule has 0 spiro atoms. The van der Waals surface area contributed by atoms with Crippen LogP contribution in [0.5, 0.6) is 5.75 Å². The first kappa shape index (κ1) is 13.2. The van der Waals surface area contributed by atoms with Gasteiger partial charge in [-0.15, -0.1) is 0 Å². The van der Waals surface area contributed by atoms with E-state index in [1.165, 1.54) is 12.1 Å². The second kappa shape index (κ2) is 6.11. The van der Waals surface area contributed by atoms with Crippen molar-refractivity contribution < 1.29 is 18.6 Å². The minimum atomic E-state index is -0.896. The predicted octanol–water partition coefficient (Wildman–Crippen LogP) is 1.94. The minimum Gasteiger partial charge on any atom is -0.503 e. The van der Waals surface area contributed by atoms with Gasteiger partial charge in [0.25, 0.3) is 0 Å². The molecular formula is C13H17F2NO2. The van der Waals surface area contributed by atoms with Gasteiger partial charge >= 0.3 is 0 Å². The SMILES string of the molecule is Oc1c(F)cc(CCCN2CCOCC2)cc1F. The summed E-state index contributed by atoms with van der Waals surface area (Å²) >= 11 is 0. The molecule has 0 saturated carbocycles. The van der Waals surface area contributed by atoms with E-state index in [0.29, 0.717) is 12.0 Å². The highest BCUT2D eigenvalue weighted by atomic mass is 19.1. The third-order valence-electron chi connectivity index (χ3n) is 3.12. The molecule has 0 aliphatic carbocycles. The van der Waals surface area contributed by atoms with Crippen LogP contribution in [-0.4, -0.2) is 42.9 Å². The maximum atomic E-state index is 13.1. The van der Waals surface area contributed by atoms with Crippen LogP contribution in [0.4, 0.5) is 8.78 Å². The lowest BCUT2D eigenvalue weighted by molar-refractivity contribution is 0.0374. The highest BCUT2D eigenvalue weighted by molar-refractivity contribution is 5.30. The Morgan fingerprint density at radius 3 is 2.39 bits per heavy atom. The van der Waals surface area contributed by atoms with Gasteiger partial charge in [0, 0.05) is 13.1 Å². The molecular weight excluding hydrogens is 240 g/mol. The monoisotopic (exact) mass is 257 g/mol. The van der Waals surface area contributed by atoms with Crippen LogP contribution in [0.15, 0.2) is 12.1 Å². The molecule has 0 atom stereocenters. The molecule has 0 bridgehead atoms. The van der Waals surface area contributed by atoms with Crippen LogP contribution in [0.1, 0.15) is 12.0 Å². The Balaban J connectivity index is 1.82. The molecule has 100 valence electrons. The van der Waals surface area contributed by atoms with E-state index in [9.17, 15) is 8.78 Å². The molecule has 1 fully saturated rings. The van der Waals surface area contributed by atoms with Crippen LogP contribution in [0.3, 0.4) is 0 Å². The smallest absolute Gasteiger partial charge is 0.187 e. The molecule has 3 nitrogen and oxygen atoms in total. The van der Waals surface area contributed by atoms with E-state index in [2.05, 4.69) is 4.90 Å². The Morgan fingerprint density at radius 1 is 1.17 bits per heavy atom. The lowest BCUT2D eigenvalue weighted by Crippen LogP contribution is -2.36. The van der Waals surface area contributed by atoms with Gasteiger partial charge in [-0.1, -0.05) is 0 Å². The number of hydrogen-bond acceptors (Lipinski definition) is 3. The summed E-state index contributed by atoms with van der Waals surface area (Å²) < 4.78 is 31.5. The average Bonchev–Trinajstić information content (AvgIpc) is 2.37. The number of phenolic OH excluding ortho intramolecular Hbond substituents is 1. The molecule has 1 N–H and O–H groups in total. The summed E-state index contributed by atoms with van der Waals surface area (Å²) in [5, 5.41) is 8.99. The van der Waals surface area contributed by atoms with Crippen LogP contribution < -0.4 is 0 Å². The van der Waals surface area contributed by atoms with Crippen molar-refractivity contribution in [2.45, 2.75) is 12.8 Å². The molecule has 1 saturated heterocycles. The van der Waals surface area contributed by atoms with Crippen LogP contribution >= 0.6 is 0 Å². The fourth-order valence-electron chi connectivity index (χ4n) is 2.09. The summed E-state index contributed by atoms with van der Waals surface area (Å²) in [6, 6.07) is 2.38. The summed E-state index contributed by atoms with van der Waals surface area (Å²) in [4.78, 5) is 2.27. The maximum Gasteiger partial charge on any atom is 0.187 e. The lowest BCUT2D eigenvalue weighted by Gasteiger charge is -2.26. The summed E-state index contributed by atoms with van der Waals surface area (Å²) in [6.45, 7) is 4.23. The number of ether oxygens (including phenoxy) is 1. The van der Waals surface area contributed by atoms with E-state index in [1.807, 2.05) is 0 Å². The van der Waals surface area contributed by atoms with E-state index < -0.39 is 17.4 Å². The topological polar surface area (TPSA) is 32.7 Å². The van der Waals surface area contributed by atoms with Crippen molar-refractivity contribution >= 4 is 0 Å². The van der Waals surface area contributed by atoms with Gasteiger partial charge in [0.05, 0.1) is 13.2 Å². The standard InChI is InChI=1S/C13H17F2NO2/c14-11-8-10(9-12(15)13(11)17)2-1-3-16-4-6-18-7-5-16/h8-9,17H,1-7H2. The largest absolute Gasteiger partial charge is 0.503 e. The Hall–Kier alpha value is -1.20. The van der Waals surface area contributed by atoms with Gasteiger partial charge in [-0.25, -0.2) is 8.78 Å². The maximum absolute atomic E-state index is 13.1. The molecule has 1 heterocycles. The number of nitrogens with zero attached hydrogens (tertiary/aromatic N) is 1. The summed E-state index contributed by atoms with van der Waals surface area (Å²) in [7, 11) is 0. The van der Waals surface area contributed by atoms with Crippen molar-refractivity contribution in [3.63, 3.8) is 0 Å². The van der Waals surface area contributed by atoms with Crippen LogP contribution in [0.2, 0.25) is 0 Å². The summed E-state index contributed by atoms with van der Waals surface area (Å²) in [5.74, 6) is -2.68. The zero-order valence-electron chi connectivity index (χ0n) is 10.2. The Labute approximate surface area is 105 Å². The third kappa shape index (κ3) is 3.40. The Kier molecular flexibility index (Phi) is 4.49. The van der Waals surface area contributed by atoms with E-state index >= 15 is 0 Å². The van der Waals surface area contributed by atoms with Crippen molar-refractivity contribution in [2.24, 2.45) is 0 Å². The predicted molar refractivity (Wildman–Crippen MR) is 63.6 cm³/mol. The van der Waals surface area contributed by atoms with Gasteiger partial charge in [0.2, 0.25) is 0 Å². The zero-order chi connectivity index (χ0) is 13.0. The molecule has 0 radical (unpaired) electrons. The second-order valence-electron chi connectivity index (χ2n) is 4.47. The molecule has 0 unspecified atom stereocenters. The van der Waals surface area contributed by atoms with E-state index in [0.717, 1.165) is 39.3 Å². The highest BCUT2D eigenvalue weighted by Crippen LogP contribution is 2.22. The van der Waals surface area contributed by atoms with Gasteiger partial charge in [0.15, 0.2) is 17.4 Å². The van der Waals surface area contributed by atoms with Gasteiger partial charge in [-0.3, -0.25) is 4.90 Å². The van der Waals surface area contributed by atoms with Crippen LogP contribution in [-0.2, 0) is 11.2 Å². The molecule has 18 heavy (non-hydrogen) atoms. The lowest BCUT2D eigenvalue weighted by atomic mass is 10.1. The van der Waals surface area contributed by atoms with E-state index in [1.54, 1.807) is 0 Å². The van der Waals surface area contributed by atoms with E-state index in [4.69, 9.17) is 9.84 Å². The normalized spacial score (nSPS) is 17.0. The van der Waals surface area contributed by atoms with Gasteiger partial charge < -0.3 is 9.84 Å². The number of hydrogen-bond donors (Lipinski definition) is 1. The molecule has 0 amide bonds. The molecule has 2 rings (SSSR count). The first-order valence-electron chi connectivity index (χ1n) is 6.14. The van der Waals surface area contributed by atoms with Gasteiger partial charge in [-0.05, 0) is 37.1 Å². The fraction of sp³-hybridized carbons (Fsp3) is 0.538. The molecule has 0 aromatic heterocycles. The van der Waals surface area contributed by atoms with Crippen molar-refractivity contribution in [1.29, 1.82) is 0 Å². The van der Waals surface area contributed by atoms with Gasteiger partial charge in [0.1, 0.15) is 0 Å². The summed E-state index contributed by atoms with van der Waals surface area (Å²) in [6.07, 6.45) is 1.44. The number of aromatic hydroxyl groups is 1. The first-order valence-corrected chi connectivity index (χ1v) is 6.14.